The third kappa shape index (κ3) is 4.38. The number of benzene rings is 5. The van der Waals surface area contributed by atoms with Crippen molar-refractivity contribution in [1.29, 1.82) is 0 Å². The van der Waals surface area contributed by atoms with Crippen LogP contribution in [0.1, 0.15) is 16.7 Å². The van der Waals surface area contributed by atoms with Crippen molar-refractivity contribution in [3.8, 4) is 22.3 Å². The number of hydrogen-bond acceptors (Lipinski definition) is 1. The number of aryl methyl sites for hydroxylation is 3. The molecule has 0 radical (unpaired) electrons. The normalized spacial score (nSPS) is 10.8. The lowest BCUT2D eigenvalue weighted by atomic mass is 9.93. The molecule has 0 heterocycles. The highest BCUT2D eigenvalue weighted by atomic mass is 15.1. The van der Waals surface area contributed by atoms with Crippen molar-refractivity contribution in [2.45, 2.75) is 20.8 Å². The van der Waals surface area contributed by atoms with Crippen molar-refractivity contribution in [2.75, 3.05) is 4.90 Å². The maximum Gasteiger partial charge on any atom is 0.0462 e. The first-order chi connectivity index (χ1) is 16.6. The minimum atomic E-state index is 1.14. The Hall–Kier alpha value is -4.10. The maximum absolute atomic E-state index is 2.32. The van der Waals surface area contributed by atoms with E-state index in [4.69, 9.17) is 0 Å². The SMILES string of the molecule is Cc1ccc(N(c2ccccc2)c2ccc(-c3ccc(C)c(-c4ccccc4C)c3)cc2)cc1. The first-order valence-electron chi connectivity index (χ1n) is 11.8. The van der Waals surface area contributed by atoms with E-state index < -0.39 is 0 Å². The van der Waals surface area contributed by atoms with Crippen LogP contribution in [0.3, 0.4) is 0 Å². The Balaban J connectivity index is 1.53. The third-order valence-corrected chi connectivity index (χ3v) is 6.44. The van der Waals surface area contributed by atoms with E-state index in [0.29, 0.717) is 0 Å². The summed E-state index contributed by atoms with van der Waals surface area (Å²) in [5.74, 6) is 0. The molecule has 0 N–H and O–H groups in total. The van der Waals surface area contributed by atoms with Crippen LogP contribution in [0.2, 0.25) is 0 Å². The van der Waals surface area contributed by atoms with Crippen LogP contribution in [-0.2, 0) is 0 Å². The minimum absolute atomic E-state index is 1.14. The number of anilines is 3. The molecule has 166 valence electrons. The lowest BCUT2D eigenvalue weighted by Crippen LogP contribution is -2.09. The molecule has 0 unspecified atom stereocenters. The minimum Gasteiger partial charge on any atom is -0.311 e. The van der Waals surface area contributed by atoms with Gasteiger partial charge in [0, 0.05) is 17.1 Å². The zero-order chi connectivity index (χ0) is 23.5. The molecule has 0 atom stereocenters. The zero-order valence-electron chi connectivity index (χ0n) is 20.0. The molecule has 0 saturated heterocycles. The van der Waals surface area contributed by atoms with Crippen LogP contribution in [0.25, 0.3) is 22.3 Å². The van der Waals surface area contributed by atoms with Gasteiger partial charge >= 0.3 is 0 Å². The Bertz CT molecular complexity index is 1400. The molecule has 0 spiro atoms. The van der Waals surface area contributed by atoms with E-state index in [2.05, 4.69) is 147 Å². The zero-order valence-corrected chi connectivity index (χ0v) is 20.0. The van der Waals surface area contributed by atoms with Crippen molar-refractivity contribution in [2.24, 2.45) is 0 Å². The third-order valence-electron chi connectivity index (χ3n) is 6.44. The second-order valence-corrected chi connectivity index (χ2v) is 8.90. The monoisotopic (exact) mass is 439 g/mol. The molecule has 1 nitrogen and oxygen atoms in total. The van der Waals surface area contributed by atoms with Crippen LogP contribution in [0, 0.1) is 20.8 Å². The largest absolute Gasteiger partial charge is 0.311 e. The highest BCUT2D eigenvalue weighted by Crippen LogP contribution is 2.36. The highest BCUT2D eigenvalue weighted by Gasteiger charge is 2.13. The smallest absolute Gasteiger partial charge is 0.0462 e. The highest BCUT2D eigenvalue weighted by molar-refractivity contribution is 5.80. The van der Waals surface area contributed by atoms with E-state index >= 15 is 0 Å². The lowest BCUT2D eigenvalue weighted by Gasteiger charge is -2.25. The van der Waals surface area contributed by atoms with Gasteiger partial charge in [0.2, 0.25) is 0 Å². The number of para-hydroxylation sites is 1. The van der Waals surface area contributed by atoms with Gasteiger partial charge in [0.1, 0.15) is 0 Å². The first-order valence-corrected chi connectivity index (χ1v) is 11.8. The summed E-state index contributed by atoms with van der Waals surface area (Å²) in [7, 11) is 0. The second kappa shape index (κ2) is 9.41. The standard InChI is InChI=1S/C33H29N/c1-24-13-19-30(20-14-24)34(29-10-5-4-6-11-29)31-21-17-27(18-22-31)28-16-15-26(3)33(23-28)32-12-8-7-9-25(32)2/h4-23H,1-3H3. The molecule has 0 aliphatic heterocycles. The summed E-state index contributed by atoms with van der Waals surface area (Å²) in [5.41, 5.74) is 12.4. The molecule has 0 amide bonds. The van der Waals surface area contributed by atoms with Gasteiger partial charge < -0.3 is 4.90 Å². The van der Waals surface area contributed by atoms with Crippen molar-refractivity contribution in [1.82, 2.24) is 0 Å². The predicted octanol–water partition coefficient (Wildman–Crippen LogP) is 9.42. The van der Waals surface area contributed by atoms with Crippen molar-refractivity contribution in [3.63, 3.8) is 0 Å². The van der Waals surface area contributed by atoms with Crippen molar-refractivity contribution >= 4 is 17.1 Å². The fourth-order valence-electron chi connectivity index (χ4n) is 4.49. The quantitative estimate of drug-likeness (QED) is 0.263. The second-order valence-electron chi connectivity index (χ2n) is 8.90. The molecule has 0 aliphatic rings. The van der Waals surface area contributed by atoms with E-state index in [-0.39, 0.29) is 0 Å². The van der Waals surface area contributed by atoms with Crippen LogP contribution < -0.4 is 4.90 Å². The molecular weight excluding hydrogens is 410 g/mol. The van der Waals surface area contributed by atoms with Crippen molar-refractivity contribution in [3.05, 3.63) is 138 Å². The fourth-order valence-corrected chi connectivity index (χ4v) is 4.49. The molecule has 1 heteroatoms. The van der Waals surface area contributed by atoms with Crippen LogP contribution in [0.4, 0.5) is 17.1 Å². The summed E-state index contributed by atoms with van der Waals surface area (Å²) in [6.07, 6.45) is 0. The van der Waals surface area contributed by atoms with E-state index in [0.717, 1.165) is 17.1 Å². The topological polar surface area (TPSA) is 3.24 Å². The predicted molar refractivity (Wildman–Crippen MR) is 146 cm³/mol. The van der Waals surface area contributed by atoms with Crippen LogP contribution in [0.15, 0.2) is 121 Å². The molecule has 0 bridgehead atoms. The van der Waals surface area contributed by atoms with Crippen molar-refractivity contribution < 1.29 is 0 Å². The molecule has 0 fully saturated rings. The van der Waals surface area contributed by atoms with Gasteiger partial charge in [-0.05, 0) is 96.6 Å². The van der Waals surface area contributed by atoms with Gasteiger partial charge in [-0.25, -0.2) is 0 Å². The molecule has 0 aromatic heterocycles. The Kier molecular flexibility index (Phi) is 6.01. The Morgan fingerprint density at radius 2 is 0.941 bits per heavy atom. The summed E-state index contributed by atoms with van der Waals surface area (Å²) in [5, 5.41) is 0. The maximum atomic E-state index is 2.32. The Labute approximate surface area is 203 Å². The molecule has 0 saturated carbocycles. The van der Waals surface area contributed by atoms with Gasteiger partial charge in [0.05, 0.1) is 0 Å². The molecule has 5 aromatic carbocycles. The van der Waals surface area contributed by atoms with E-state index in [1.165, 1.54) is 38.9 Å². The average molecular weight is 440 g/mol. The summed E-state index contributed by atoms with van der Waals surface area (Å²) in [4.78, 5) is 2.30. The number of hydrogen-bond donors (Lipinski definition) is 0. The van der Waals surface area contributed by atoms with E-state index in [1.807, 2.05) is 0 Å². The van der Waals surface area contributed by atoms with Gasteiger partial charge in [-0.2, -0.15) is 0 Å². The van der Waals surface area contributed by atoms with Gasteiger partial charge in [0.25, 0.3) is 0 Å². The molecule has 5 rings (SSSR count). The van der Waals surface area contributed by atoms with Crippen LogP contribution in [-0.4, -0.2) is 0 Å². The summed E-state index contributed by atoms with van der Waals surface area (Å²) >= 11 is 0. The first kappa shape index (κ1) is 21.7. The summed E-state index contributed by atoms with van der Waals surface area (Å²) in [6.45, 7) is 6.49. The molecule has 0 aliphatic carbocycles. The van der Waals surface area contributed by atoms with Gasteiger partial charge in [-0.3, -0.25) is 0 Å². The fraction of sp³-hybridized carbons (Fsp3) is 0.0909. The lowest BCUT2D eigenvalue weighted by molar-refractivity contribution is 1.27. The van der Waals surface area contributed by atoms with Gasteiger partial charge in [0.15, 0.2) is 0 Å². The number of nitrogens with zero attached hydrogens (tertiary/aromatic N) is 1. The molecular formula is C33H29N. The molecule has 5 aromatic rings. The van der Waals surface area contributed by atoms with Gasteiger partial charge in [-0.1, -0.05) is 84.4 Å². The number of rotatable bonds is 5. The van der Waals surface area contributed by atoms with E-state index in [9.17, 15) is 0 Å². The van der Waals surface area contributed by atoms with Crippen LogP contribution in [0.5, 0.6) is 0 Å². The molecule has 34 heavy (non-hydrogen) atoms. The average Bonchev–Trinajstić information content (AvgIpc) is 2.87. The Morgan fingerprint density at radius 1 is 0.412 bits per heavy atom. The summed E-state index contributed by atoms with van der Waals surface area (Å²) in [6, 6.07) is 43.5. The van der Waals surface area contributed by atoms with Gasteiger partial charge in [-0.15, -0.1) is 0 Å². The van der Waals surface area contributed by atoms with E-state index in [1.54, 1.807) is 0 Å². The van der Waals surface area contributed by atoms with Crippen LogP contribution >= 0.6 is 0 Å². The summed E-state index contributed by atoms with van der Waals surface area (Å²) < 4.78 is 0. The Morgan fingerprint density at radius 3 is 1.62 bits per heavy atom.